The van der Waals surface area contributed by atoms with E-state index in [-0.39, 0.29) is 17.4 Å². The number of carbonyl (C=O) groups is 1. The third-order valence-corrected chi connectivity index (χ3v) is 6.00. The van der Waals surface area contributed by atoms with Gasteiger partial charge in [-0.15, -0.1) is 5.10 Å². The van der Waals surface area contributed by atoms with Crippen LogP contribution in [-0.2, 0) is 4.79 Å². The number of aromatic hydroxyl groups is 1. The molecule has 2 aromatic carbocycles. The zero-order chi connectivity index (χ0) is 19.2. The lowest BCUT2D eigenvalue weighted by atomic mass is 10.2. The number of amides is 1. The predicted molar refractivity (Wildman–Crippen MR) is 109 cm³/mol. The summed E-state index contributed by atoms with van der Waals surface area (Å²) in [6.45, 7) is 0. The molecule has 0 saturated carbocycles. The lowest BCUT2D eigenvalue weighted by molar-refractivity contribution is -0.118. The summed E-state index contributed by atoms with van der Waals surface area (Å²) in [6, 6.07) is 12.6. The number of rotatable bonds is 6. The molecule has 0 fully saturated rings. The topological polar surface area (TPSA) is 105 Å². The minimum atomic E-state index is -0.325. The molecule has 138 valence electrons. The fraction of sp³-hybridized carbons (Fsp3) is 0.0625. The number of hydrogen-bond acceptors (Lipinski definition) is 7. The largest absolute Gasteiger partial charge is 0.507 e. The molecule has 0 saturated heterocycles. The number of hydrazone groups is 1. The minimum Gasteiger partial charge on any atom is -0.507 e. The van der Waals surface area contributed by atoms with E-state index in [2.05, 4.69) is 57.9 Å². The van der Waals surface area contributed by atoms with E-state index in [0.717, 1.165) is 10.2 Å². The van der Waals surface area contributed by atoms with Crippen molar-refractivity contribution in [2.45, 2.75) is 5.16 Å². The lowest BCUT2D eigenvalue weighted by Gasteiger charge is -2.04. The van der Waals surface area contributed by atoms with Crippen LogP contribution >= 0.6 is 43.6 Å². The van der Waals surface area contributed by atoms with Gasteiger partial charge in [-0.25, -0.2) is 5.43 Å². The highest BCUT2D eigenvalue weighted by atomic mass is 79.9. The number of phenols is 1. The fourth-order valence-corrected chi connectivity index (χ4v) is 3.37. The van der Waals surface area contributed by atoms with Crippen molar-refractivity contribution in [3.05, 3.63) is 57.0 Å². The van der Waals surface area contributed by atoms with Crippen LogP contribution in [0.5, 0.6) is 5.75 Å². The number of thioether (sulfide) groups is 1. The third kappa shape index (κ3) is 5.15. The van der Waals surface area contributed by atoms with Gasteiger partial charge in [-0.05, 0) is 66.6 Å². The van der Waals surface area contributed by atoms with Gasteiger partial charge in [0.2, 0.25) is 5.16 Å². The first-order chi connectivity index (χ1) is 13.0. The monoisotopic (exact) mass is 510 g/mol. The van der Waals surface area contributed by atoms with E-state index in [1.165, 1.54) is 24.0 Å². The number of para-hydroxylation sites is 1. The highest BCUT2D eigenvalue weighted by molar-refractivity contribution is 9.13. The number of carbonyl (C=O) groups excluding carboxylic acids is 1. The van der Waals surface area contributed by atoms with Crippen molar-refractivity contribution in [1.82, 2.24) is 25.6 Å². The Bertz CT molecular complexity index is 980. The van der Waals surface area contributed by atoms with Gasteiger partial charge in [-0.2, -0.15) is 9.78 Å². The summed E-state index contributed by atoms with van der Waals surface area (Å²) in [5, 5.41) is 25.7. The average Bonchev–Trinajstić information content (AvgIpc) is 3.13. The summed E-state index contributed by atoms with van der Waals surface area (Å²) in [4.78, 5) is 12.0. The van der Waals surface area contributed by atoms with Gasteiger partial charge in [0.15, 0.2) is 0 Å². The number of phenolic OH excluding ortho intramolecular Hbond substituents is 1. The Morgan fingerprint density at radius 3 is 2.78 bits per heavy atom. The second kappa shape index (κ2) is 9.11. The van der Waals surface area contributed by atoms with E-state index in [1.807, 2.05) is 30.3 Å². The molecule has 3 rings (SSSR count). The van der Waals surface area contributed by atoms with E-state index in [9.17, 15) is 9.90 Å². The smallest absolute Gasteiger partial charge is 0.250 e. The molecule has 0 aliphatic rings. The van der Waals surface area contributed by atoms with Crippen molar-refractivity contribution in [1.29, 1.82) is 0 Å². The maximum atomic E-state index is 12.0. The number of aromatic nitrogens is 4. The molecular weight excluding hydrogens is 500 g/mol. The van der Waals surface area contributed by atoms with Crippen molar-refractivity contribution >= 4 is 55.7 Å². The molecule has 2 N–H and O–H groups in total. The standard InChI is InChI=1S/C16H12Br2N6O2S/c17-12-6-10(14(25)7-13(12)18)8-19-20-15(26)9-27-16-21-22-23-24(16)11-4-2-1-3-5-11/h1-8,25H,9H2,(H,20,26)/b19-8+. The van der Waals surface area contributed by atoms with Crippen molar-refractivity contribution in [3.8, 4) is 11.4 Å². The number of hydrogen-bond donors (Lipinski definition) is 2. The minimum absolute atomic E-state index is 0.0412. The summed E-state index contributed by atoms with van der Waals surface area (Å²) in [5.41, 5.74) is 3.68. The van der Waals surface area contributed by atoms with Crippen molar-refractivity contribution < 1.29 is 9.90 Å². The van der Waals surface area contributed by atoms with Crippen LogP contribution in [0.25, 0.3) is 5.69 Å². The molecule has 0 aliphatic heterocycles. The Morgan fingerprint density at radius 2 is 2.00 bits per heavy atom. The van der Waals surface area contributed by atoms with Gasteiger partial charge >= 0.3 is 0 Å². The molecular formula is C16H12Br2N6O2S. The van der Waals surface area contributed by atoms with E-state index in [0.29, 0.717) is 15.2 Å². The van der Waals surface area contributed by atoms with Gasteiger partial charge in [-0.1, -0.05) is 30.0 Å². The Balaban J connectivity index is 1.57. The Morgan fingerprint density at radius 1 is 1.26 bits per heavy atom. The molecule has 1 amide bonds. The van der Waals surface area contributed by atoms with Crippen LogP contribution < -0.4 is 5.43 Å². The number of nitrogens with zero attached hydrogens (tertiary/aromatic N) is 5. The van der Waals surface area contributed by atoms with Crippen LogP contribution in [0.1, 0.15) is 5.56 Å². The van der Waals surface area contributed by atoms with Crippen molar-refractivity contribution in [2.75, 3.05) is 5.75 Å². The van der Waals surface area contributed by atoms with Gasteiger partial charge in [0.05, 0.1) is 17.7 Å². The van der Waals surface area contributed by atoms with Crippen LogP contribution in [0.4, 0.5) is 0 Å². The SMILES string of the molecule is O=C(CSc1nnnn1-c1ccccc1)N/N=C/c1cc(Br)c(Br)cc1O. The second-order valence-electron chi connectivity index (χ2n) is 5.12. The van der Waals surface area contributed by atoms with Crippen LogP contribution in [0, 0.1) is 0 Å². The first-order valence-corrected chi connectivity index (χ1v) is 10.1. The molecule has 3 aromatic rings. The molecule has 0 unspecified atom stereocenters. The molecule has 1 heterocycles. The van der Waals surface area contributed by atoms with Gasteiger partial charge < -0.3 is 5.11 Å². The van der Waals surface area contributed by atoms with E-state index < -0.39 is 0 Å². The maximum Gasteiger partial charge on any atom is 0.250 e. The fourth-order valence-electron chi connectivity index (χ4n) is 1.99. The number of nitrogens with one attached hydrogen (secondary N) is 1. The van der Waals surface area contributed by atoms with E-state index >= 15 is 0 Å². The predicted octanol–water partition coefficient (Wildman–Crippen LogP) is 3.14. The van der Waals surface area contributed by atoms with E-state index in [4.69, 9.17) is 0 Å². The number of halogens is 2. The highest BCUT2D eigenvalue weighted by Crippen LogP contribution is 2.29. The van der Waals surface area contributed by atoms with Gasteiger partial charge in [-0.3, -0.25) is 4.79 Å². The zero-order valence-corrected chi connectivity index (χ0v) is 17.6. The molecule has 1 aromatic heterocycles. The molecule has 11 heteroatoms. The summed E-state index contributed by atoms with van der Waals surface area (Å²) in [6.07, 6.45) is 1.36. The van der Waals surface area contributed by atoms with Crippen LogP contribution in [0.15, 0.2) is 61.7 Å². The van der Waals surface area contributed by atoms with E-state index in [1.54, 1.807) is 10.7 Å². The van der Waals surface area contributed by atoms with Crippen LogP contribution in [0.2, 0.25) is 0 Å². The summed E-state index contributed by atoms with van der Waals surface area (Å²) >= 11 is 7.82. The number of benzene rings is 2. The Kier molecular flexibility index (Phi) is 6.58. The third-order valence-electron chi connectivity index (χ3n) is 3.24. The molecule has 0 aliphatic carbocycles. The first-order valence-electron chi connectivity index (χ1n) is 7.51. The summed E-state index contributed by atoms with van der Waals surface area (Å²) < 4.78 is 3.03. The van der Waals surface area contributed by atoms with Crippen molar-refractivity contribution in [3.63, 3.8) is 0 Å². The normalized spacial score (nSPS) is 11.0. The average molecular weight is 512 g/mol. The Labute approximate surface area is 175 Å². The second-order valence-corrected chi connectivity index (χ2v) is 7.77. The quantitative estimate of drug-likeness (QED) is 0.299. The number of tetrazole rings is 1. The zero-order valence-electron chi connectivity index (χ0n) is 13.6. The van der Waals surface area contributed by atoms with Crippen LogP contribution in [-0.4, -0.2) is 43.2 Å². The van der Waals surface area contributed by atoms with Gasteiger partial charge in [0, 0.05) is 14.5 Å². The molecule has 0 spiro atoms. The van der Waals surface area contributed by atoms with Gasteiger partial charge in [0.1, 0.15) is 5.75 Å². The molecule has 0 bridgehead atoms. The first kappa shape index (κ1) is 19.5. The summed E-state index contributed by atoms with van der Waals surface area (Å²) in [7, 11) is 0. The Hall–Kier alpha value is -2.24. The molecule has 0 radical (unpaired) electrons. The molecule has 27 heavy (non-hydrogen) atoms. The van der Waals surface area contributed by atoms with Crippen molar-refractivity contribution in [2.24, 2.45) is 5.10 Å². The summed E-state index contributed by atoms with van der Waals surface area (Å²) in [5.74, 6) is -0.199. The van der Waals surface area contributed by atoms with Gasteiger partial charge in [0.25, 0.3) is 5.91 Å². The molecule has 8 nitrogen and oxygen atoms in total. The van der Waals surface area contributed by atoms with Crippen LogP contribution in [0.3, 0.4) is 0 Å². The highest BCUT2D eigenvalue weighted by Gasteiger charge is 2.11. The lowest BCUT2D eigenvalue weighted by Crippen LogP contribution is -2.20. The maximum absolute atomic E-state index is 12.0. The molecule has 0 atom stereocenters.